The molecule has 78 valence electrons. The van der Waals surface area contributed by atoms with Crippen molar-refractivity contribution in [1.29, 1.82) is 0 Å². The first kappa shape index (κ1) is 12.4. The van der Waals surface area contributed by atoms with Gasteiger partial charge in [0.1, 0.15) is 0 Å². The molecule has 0 amide bonds. The van der Waals surface area contributed by atoms with Crippen LogP contribution in [0.5, 0.6) is 0 Å². The highest BCUT2D eigenvalue weighted by atomic mass is 16.5. The highest BCUT2D eigenvalue weighted by Crippen LogP contribution is 2.21. The number of carbonyl (C=O) groups is 1. The SMILES string of the molecule is CNC(CC(=O)OC)CC(C)(C)C. The van der Waals surface area contributed by atoms with E-state index in [1.165, 1.54) is 7.11 Å². The standard InChI is InChI=1S/C10H21NO2/c1-10(2,3)7-8(11-4)6-9(12)13-5/h8,11H,6-7H2,1-5H3. The van der Waals surface area contributed by atoms with Gasteiger partial charge in [0.15, 0.2) is 0 Å². The molecule has 0 bridgehead atoms. The number of hydrogen-bond donors (Lipinski definition) is 1. The number of esters is 1. The highest BCUT2D eigenvalue weighted by molar-refractivity contribution is 5.69. The summed E-state index contributed by atoms with van der Waals surface area (Å²) in [6.07, 6.45) is 1.42. The van der Waals surface area contributed by atoms with Crippen LogP contribution in [-0.4, -0.2) is 26.2 Å². The number of ether oxygens (including phenoxy) is 1. The van der Waals surface area contributed by atoms with E-state index in [0.717, 1.165) is 6.42 Å². The van der Waals surface area contributed by atoms with Crippen LogP contribution in [0.25, 0.3) is 0 Å². The number of carbonyl (C=O) groups excluding carboxylic acids is 1. The first-order valence-electron chi connectivity index (χ1n) is 4.63. The number of nitrogens with one attached hydrogen (secondary N) is 1. The van der Waals surface area contributed by atoms with E-state index in [9.17, 15) is 4.79 Å². The molecule has 0 aromatic carbocycles. The molecule has 0 rings (SSSR count). The predicted octanol–water partition coefficient (Wildman–Crippen LogP) is 1.57. The van der Waals surface area contributed by atoms with Gasteiger partial charge in [-0.25, -0.2) is 0 Å². The Morgan fingerprint density at radius 2 is 2.00 bits per heavy atom. The molecule has 3 nitrogen and oxygen atoms in total. The Morgan fingerprint density at radius 3 is 2.31 bits per heavy atom. The maximum atomic E-state index is 11.0. The van der Waals surface area contributed by atoms with Crippen molar-refractivity contribution in [2.24, 2.45) is 5.41 Å². The first-order chi connectivity index (χ1) is 5.89. The van der Waals surface area contributed by atoms with Gasteiger partial charge in [-0.2, -0.15) is 0 Å². The molecule has 0 aliphatic heterocycles. The second kappa shape index (κ2) is 5.22. The summed E-state index contributed by atoms with van der Waals surface area (Å²) in [6, 6.07) is 0.215. The first-order valence-corrected chi connectivity index (χ1v) is 4.63. The summed E-state index contributed by atoms with van der Waals surface area (Å²) in [5, 5.41) is 3.12. The van der Waals surface area contributed by atoms with E-state index >= 15 is 0 Å². The molecular formula is C10H21NO2. The van der Waals surface area contributed by atoms with Crippen LogP contribution in [0, 0.1) is 5.41 Å². The summed E-state index contributed by atoms with van der Waals surface area (Å²) in [5.41, 5.74) is 0.238. The molecule has 13 heavy (non-hydrogen) atoms. The highest BCUT2D eigenvalue weighted by Gasteiger charge is 2.19. The fraction of sp³-hybridized carbons (Fsp3) is 0.900. The number of rotatable bonds is 4. The fourth-order valence-corrected chi connectivity index (χ4v) is 1.30. The third-order valence-corrected chi connectivity index (χ3v) is 1.91. The van der Waals surface area contributed by atoms with Crippen LogP contribution in [0.3, 0.4) is 0 Å². The molecule has 0 aromatic rings. The van der Waals surface area contributed by atoms with Crippen molar-refractivity contribution in [3.05, 3.63) is 0 Å². The second-order valence-corrected chi connectivity index (χ2v) is 4.53. The number of hydrogen-bond acceptors (Lipinski definition) is 3. The molecule has 0 saturated carbocycles. The summed E-state index contributed by atoms with van der Waals surface area (Å²) in [4.78, 5) is 11.0. The molecule has 0 aliphatic carbocycles. The molecule has 1 N–H and O–H groups in total. The van der Waals surface area contributed by atoms with Gasteiger partial charge in [-0.1, -0.05) is 20.8 Å². The summed E-state index contributed by atoms with van der Waals surface area (Å²) in [6.45, 7) is 6.48. The molecule has 1 atom stereocenters. The topological polar surface area (TPSA) is 38.3 Å². The van der Waals surface area contributed by atoms with Crippen LogP contribution in [0.1, 0.15) is 33.6 Å². The fourth-order valence-electron chi connectivity index (χ4n) is 1.30. The lowest BCUT2D eigenvalue weighted by atomic mass is 9.87. The van der Waals surface area contributed by atoms with E-state index < -0.39 is 0 Å². The molecule has 0 aliphatic rings. The summed E-state index contributed by atoms with van der Waals surface area (Å²) >= 11 is 0. The van der Waals surface area contributed by atoms with E-state index in [-0.39, 0.29) is 17.4 Å². The smallest absolute Gasteiger partial charge is 0.307 e. The van der Waals surface area contributed by atoms with Crippen LogP contribution in [0.4, 0.5) is 0 Å². The van der Waals surface area contributed by atoms with Crippen molar-refractivity contribution < 1.29 is 9.53 Å². The van der Waals surface area contributed by atoms with Crippen LogP contribution < -0.4 is 5.32 Å². The molecule has 3 heteroatoms. The summed E-state index contributed by atoms with van der Waals surface area (Å²) < 4.78 is 4.62. The molecule has 0 radical (unpaired) electrons. The van der Waals surface area contributed by atoms with Gasteiger partial charge >= 0.3 is 5.97 Å². The molecule has 0 fully saturated rings. The lowest BCUT2D eigenvalue weighted by molar-refractivity contribution is -0.141. The van der Waals surface area contributed by atoms with E-state index in [2.05, 4.69) is 30.8 Å². The predicted molar refractivity (Wildman–Crippen MR) is 53.6 cm³/mol. The summed E-state index contributed by atoms with van der Waals surface area (Å²) in [7, 11) is 3.30. The minimum Gasteiger partial charge on any atom is -0.469 e. The maximum absolute atomic E-state index is 11.0. The van der Waals surface area contributed by atoms with E-state index in [1.807, 2.05) is 7.05 Å². The Balaban J connectivity index is 3.97. The molecule has 0 aromatic heterocycles. The maximum Gasteiger partial charge on any atom is 0.307 e. The monoisotopic (exact) mass is 187 g/mol. The Bertz CT molecular complexity index is 161. The lowest BCUT2D eigenvalue weighted by Gasteiger charge is -2.24. The lowest BCUT2D eigenvalue weighted by Crippen LogP contribution is -2.32. The Morgan fingerprint density at radius 1 is 1.46 bits per heavy atom. The van der Waals surface area contributed by atoms with Gasteiger partial charge in [0.25, 0.3) is 0 Å². The van der Waals surface area contributed by atoms with Crippen molar-refractivity contribution in [2.45, 2.75) is 39.7 Å². The average molecular weight is 187 g/mol. The zero-order chi connectivity index (χ0) is 10.5. The Kier molecular flexibility index (Phi) is 4.99. The van der Waals surface area contributed by atoms with Crippen LogP contribution in [-0.2, 0) is 9.53 Å². The molecular weight excluding hydrogens is 166 g/mol. The Hall–Kier alpha value is -0.570. The average Bonchev–Trinajstić information content (AvgIpc) is 2.00. The van der Waals surface area contributed by atoms with Crippen molar-refractivity contribution in [1.82, 2.24) is 5.32 Å². The minimum absolute atomic E-state index is 0.149. The zero-order valence-electron chi connectivity index (χ0n) is 9.31. The van der Waals surface area contributed by atoms with Crippen molar-refractivity contribution in [3.8, 4) is 0 Å². The molecule has 0 saturated heterocycles. The van der Waals surface area contributed by atoms with Crippen molar-refractivity contribution >= 4 is 5.97 Å². The minimum atomic E-state index is -0.149. The van der Waals surface area contributed by atoms with Gasteiger partial charge in [0.2, 0.25) is 0 Å². The molecule has 0 heterocycles. The van der Waals surface area contributed by atoms with Crippen LogP contribution >= 0.6 is 0 Å². The van der Waals surface area contributed by atoms with E-state index in [0.29, 0.717) is 6.42 Å². The third-order valence-electron chi connectivity index (χ3n) is 1.91. The molecule has 1 unspecified atom stereocenters. The van der Waals surface area contributed by atoms with Crippen molar-refractivity contribution in [3.63, 3.8) is 0 Å². The van der Waals surface area contributed by atoms with E-state index in [1.54, 1.807) is 0 Å². The number of methoxy groups -OCH3 is 1. The van der Waals surface area contributed by atoms with Gasteiger partial charge in [-0.15, -0.1) is 0 Å². The van der Waals surface area contributed by atoms with Gasteiger partial charge in [-0.3, -0.25) is 4.79 Å². The van der Waals surface area contributed by atoms with Crippen molar-refractivity contribution in [2.75, 3.05) is 14.2 Å². The van der Waals surface area contributed by atoms with E-state index in [4.69, 9.17) is 0 Å². The third kappa shape index (κ3) is 6.58. The second-order valence-electron chi connectivity index (χ2n) is 4.53. The zero-order valence-corrected chi connectivity index (χ0v) is 9.31. The molecule has 0 spiro atoms. The van der Waals surface area contributed by atoms with Crippen LogP contribution in [0.2, 0.25) is 0 Å². The van der Waals surface area contributed by atoms with Gasteiger partial charge in [0.05, 0.1) is 13.5 Å². The normalized spacial score (nSPS) is 13.9. The van der Waals surface area contributed by atoms with Gasteiger partial charge in [-0.05, 0) is 18.9 Å². The van der Waals surface area contributed by atoms with Crippen LogP contribution in [0.15, 0.2) is 0 Å². The largest absolute Gasteiger partial charge is 0.469 e. The Labute approximate surface area is 80.8 Å². The van der Waals surface area contributed by atoms with Gasteiger partial charge in [0, 0.05) is 6.04 Å². The summed E-state index contributed by atoms with van der Waals surface area (Å²) in [5.74, 6) is -0.149. The quantitative estimate of drug-likeness (QED) is 0.679. The van der Waals surface area contributed by atoms with Gasteiger partial charge < -0.3 is 10.1 Å².